The van der Waals surface area contributed by atoms with E-state index in [4.69, 9.17) is 0 Å². The maximum atomic E-state index is 12.9. The minimum absolute atomic E-state index is 0.0870. The van der Waals surface area contributed by atoms with E-state index < -0.39 is 11.3 Å². The lowest BCUT2D eigenvalue weighted by atomic mass is 9.98. The first-order chi connectivity index (χ1) is 8.49. The van der Waals surface area contributed by atoms with Crippen molar-refractivity contribution in [1.82, 2.24) is 5.32 Å². The Morgan fingerprint density at radius 3 is 2.56 bits per heavy atom. The van der Waals surface area contributed by atoms with Gasteiger partial charge in [0.25, 0.3) is 12.1 Å². The van der Waals surface area contributed by atoms with Crippen molar-refractivity contribution in [3.63, 3.8) is 0 Å². The number of nitrogens with zero attached hydrogens (tertiary/aromatic N) is 1. The number of rotatable bonds is 6. The molecule has 0 amide bonds. The van der Waals surface area contributed by atoms with Crippen LogP contribution in [0.2, 0.25) is 0 Å². The molecular weight excluding hydrogens is 242 g/mol. The highest BCUT2D eigenvalue weighted by atomic mass is 19.3. The van der Waals surface area contributed by atoms with E-state index in [0.717, 1.165) is 12.5 Å². The molecule has 0 fully saturated rings. The smallest absolute Gasteiger partial charge is 0.269 e. The summed E-state index contributed by atoms with van der Waals surface area (Å²) in [4.78, 5) is 9.91. The number of nitrogens with one attached hydrogen (secondary N) is 1. The van der Waals surface area contributed by atoms with Gasteiger partial charge in [-0.05, 0) is 25.5 Å². The van der Waals surface area contributed by atoms with Gasteiger partial charge in [0.1, 0.15) is 0 Å². The van der Waals surface area contributed by atoms with Crippen LogP contribution in [0.1, 0.15) is 30.9 Å². The van der Waals surface area contributed by atoms with Crippen molar-refractivity contribution in [2.45, 2.75) is 32.2 Å². The van der Waals surface area contributed by atoms with Crippen LogP contribution in [0.3, 0.4) is 0 Å². The van der Waals surface area contributed by atoms with E-state index >= 15 is 0 Å². The monoisotopic (exact) mass is 258 g/mol. The third-order valence-corrected chi connectivity index (χ3v) is 2.94. The van der Waals surface area contributed by atoms with E-state index in [9.17, 15) is 18.9 Å². The Hall–Kier alpha value is -1.56. The number of halogens is 2. The summed E-state index contributed by atoms with van der Waals surface area (Å²) in [6.45, 7) is 1.95. The van der Waals surface area contributed by atoms with Crippen molar-refractivity contribution in [2.75, 3.05) is 7.05 Å². The van der Waals surface area contributed by atoms with Crippen molar-refractivity contribution in [1.29, 1.82) is 0 Å². The van der Waals surface area contributed by atoms with Crippen LogP contribution in [0.5, 0.6) is 0 Å². The number of hydrogen-bond acceptors (Lipinski definition) is 3. The van der Waals surface area contributed by atoms with Gasteiger partial charge < -0.3 is 5.32 Å². The molecule has 1 rings (SSSR count). The third-order valence-electron chi connectivity index (χ3n) is 2.94. The van der Waals surface area contributed by atoms with Crippen molar-refractivity contribution in [3.05, 3.63) is 39.4 Å². The zero-order chi connectivity index (χ0) is 13.7. The largest absolute Gasteiger partial charge is 0.317 e. The number of alkyl halides is 2. The van der Waals surface area contributed by atoms with Crippen LogP contribution in [-0.2, 0) is 6.42 Å². The minimum Gasteiger partial charge on any atom is -0.317 e. The maximum absolute atomic E-state index is 12.9. The van der Waals surface area contributed by atoms with Crippen LogP contribution in [0.4, 0.5) is 14.5 Å². The Labute approximate surface area is 104 Å². The van der Waals surface area contributed by atoms with Crippen LogP contribution >= 0.6 is 0 Å². The van der Waals surface area contributed by atoms with E-state index in [2.05, 4.69) is 5.32 Å². The van der Waals surface area contributed by atoms with Crippen molar-refractivity contribution in [2.24, 2.45) is 0 Å². The Bertz CT molecular complexity index is 421. The molecule has 0 saturated carbocycles. The molecule has 1 N–H and O–H groups in total. The minimum atomic E-state index is -2.70. The summed E-state index contributed by atoms with van der Waals surface area (Å²) in [6, 6.07) is 3.73. The van der Waals surface area contributed by atoms with Crippen LogP contribution in [0.15, 0.2) is 18.2 Å². The second-order valence-electron chi connectivity index (χ2n) is 4.04. The zero-order valence-corrected chi connectivity index (χ0v) is 10.3. The Kier molecular flexibility index (Phi) is 5.15. The summed E-state index contributed by atoms with van der Waals surface area (Å²) in [5.41, 5.74) is -0.0961. The van der Waals surface area contributed by atoms with Crippen LogP contribution in [0.25, 0.3) is 0 Å². The Balaban J connectivity index is 3.07. The SMILES string of the molecule is CCC(Cc1ccc([N+](=O)[O-])cc1C(F)F)NC. The summed E-state index contributed by atoms with van der Waals surface area (Å²) < 4.78 is 25.8. The summed E-state index contributed by atoms with van der Waals surface area (Å²) in [5, 5.41) is 13.6. The molecule has 6 heteroatoms. The van der Waals surface area contributed by atoms with E-state index in [-0.39, 0.29) is 17.3 Å². The molecule has 0 bridgehead atoms. The highest BCUT2D eigenvalue weighted by Gasteiger charge is 2.19. The van der Waals surface area contributed by atoms with Crippen molar-refractivity contribution < 1.29 is 13.7 Å². The molecular formula is C12H16F2N2O2. The molecule has 0 spiro atoms. The van der Waals surface area contributed by atoms with Gasteiger partial charge in [-0.3, -0.25) is 10.1 Å². The number of likely N-dealkylation sites (N-methyl/N-ethyl adjacent to an activating group) is 1. The van der Waals surface area contributed by atoms with Gasteiger partial charge >= 0.3 is 0 Å². The number of benzene rings is 1. The molecule has 18 heavy (non-hydrogen) atoms. The normalized spacial score (nSPS) is 12.7. The first-order valence-corrected chi connectivity index (χ1v) is 5.72. The third kappa shape index (κ3) is 3.46. The average molecular weight is 258 g/mol. The predicted molar refractivity (Wildman–Crippen MR) is 64.9 cm³/mol. The molecule has 100 valence electrons. The first kappa shape index (κ1) is 14.5. The quantitative estimate of drug-likeness (QED) is 0.630. The van der Waals surface area contributed by atoms with E-state index in [1.807, 2.05) is 6.92 Å². The van der Waals surface area contributed by atoms with Gasteiger partial charge in [-0.2, -0.15) is 0 Å². The highest BCUT2D eigenvalue weighted by Crippen LogP contribution is 2.28. The molecule has 0 aliphatic rings. The molecule has 4 nitrogen and oxygen atoms in total. The lowest BCUT2D eigenvalue weighted by molar-refractivity contribution is -0.385. The molecule has 0 aliphatic carbocycles. The number of nitro benzene ring substituents is 1. The highest BCUT2D eigenvalue weighted by molar-refractivity contribution is 5.41. The zero-order valence-electron chi connectivity index (χ0n) is 10.3. The summed E-state index contributed by atoms with van der Waals surface area (Å²) in [5.74, 6) is 0. The second kappa shape index (κ2) is 6.39. The van der Waals surface area contributed by atoms with Gasteiger partial charge in [-0.15, -0.1) is 0 Å². The summed E-state index contributed by atoms with van der Waals surface area (Å²) in [7, 11) is 1.77. The molecule has 1 aromatic carbocycles. The molecule has 0 heterocycles. The second-order valence-corrected chi connectivity index (χ2v) is 4.04. The van der Waals surface area contributed by atoms with E-state index in [1.165, 1.54) is 12.1 Å². The van der Waals surface area contributed by atoms with E-state index in [0.29, 0.717) is 12.0 Å². The topological polar surface area (TPSA) is 55.2 Å². The van der Waals surface area contributed by atoms with Gasteiger partial charge in [0.15, 0.2) is 0 Å². The molecule has 0 radical (unpaired) electrons. The van der Waals surface area contributed by atoms with Crippen LogP contribution < -0.4 is 5.32 Å². The fraction of sp³-hybridized carbons (Fsp3) is 0.500. The number of nitro groups is 1. The van der Waals surface area contributed by atoms with Crippen molar-refractivity contribution >= 4 is 5.69 Å². The molecule has 0 aromatic heterocycles. The fourth-order valence-electron chi connectivity index (χ4n) is 1.80. The fourth-order valence-corrected chi connectivity index (χ4v) is 1.80. The molecule has 1 aromatic rings. The molecule has 1 atom stereocenters. The van der Waals surface area contributed by atoms with Crippen molar-refractivity contribution in [3.8, 4) is 0 Å². The van der Waals surface area contributed by atoms with Gasteiger partial charge in [0.05, 0.1) is 4.92 Å². The van der Waals surface area contributed by atoms with Crippen LogP contribution in [-0.4, -0.2) is 18.0 Å². The van der Waals surface area contributed by atoms with Gasteiger partial charge in [0.2, 0.25) is 0 Å². The van der Waals surface area contributed by atoms with Gasteiger partial charge in [-0.25, -0.2) is 8.78 Å². The molecule has 0 aliphatic heterocycles. The maximum Gasteiger partial charge on any atom is 0.269 e. The lowest BCUT2D eigenvalue weighted by Gasteiger charge is -2.16. The van der Waals surface area contributed by atoms with Gasteiger partial charge in [-0.1, -0.05) is 13.0 Å². The standard InChI is InChI=1S/C12H16F2N2O2/c1-3-9(15-2)6-8-4-5-10(16(17)18)7-11(8)12(13)14/h4-5,7,9,12,15H,3,6H2,1-2H3. The Morgan fingerprint density at radius 2 is 2.11 bits per heavy atom. The van der Waals surface area contributed by atoms with E-state index in [1.54, 1.807) is 7.05 Å². The average Bonchev–Trinajstić information content (AvgIpc) is 2.35. The molecule has 0 saturated heterocycles. The Morgan fingerprint density at radius 1 is 1.44 bits per heavy atom. The van der Waals surface area contributed by atoms with Crippen LogP contribution in [0, 0.1) is 10.1 Å². The van der Waals surface area contributed by atoms with Gasteiger partial charge in [0, 0.05) is 23.7 Å². The lowest BCUT2D eigenvalue weighted by Crippen LogP contribution is -2.27. The number of hydrogen-bond donors (Lipinski definition) is 1. The summed E-state index contributed by atoms with van der Waals surface area (Å²) >= 11 is 0. The summed E-state index contributed by atoms with van der Waals surface area (Å²) in [6.07, 6.45) is -1.46. The predicted octanol–water partition coefficient (Wildman–Crippen LogP) is 3.07. The number of non-ortho nitro benzene ring substituents is 1. The first-order valence-electron chi connectivity index (χ1n) is 5.72. The molecule has 1 unspecified atom stereocenters.